The van der Waals surface area contributed by atoms with Crippen LogP contribution in [0.25, 0.3) is 5.70 Å². The molecular weight excluding hydrogens is 556 g/mol. The summed E-state index contributed by atoms with van der Waals surface area (Å²) in [5, 5.41) is 15.3. The monoisotopic (exact) mass is 596 g/mol. The Kier molecular flexibility index (Phi) is 9.69. The molecule has 0 spiro atoms. The minimum Gasteiger partial charge on any atom is -0.496 e. The second kappa shape index (κ2) is 13.3. The first kappa shape index (κ1) is 32.2. The third-order valence-corrected chi connectivity index (χ3v) is 7.63. The first-order chi connectivity index (χ1) is 20.8. The van der Waals surface area contributed by atoms with Crippen LogP contribution in [0.3, 0.4) is 0 Å². The van der Waals surface area contributed by atoms with Gasteiger partial charge in [-0.15, -0.1) is 0 Å². The predicted molar refractivity (Wildman–Crippen MR) is 175 cm³/mol. The number of hydrogen-bond donors (Lipinski definition) is 3. The summed E-state index contributed by atoms with van der Waals surface area (Å²) in [7, 11) is 3.06. The van der Waals surface area contributed by atoms with Crippen LogP contribution in [0.4, 0.5) is 11.4 Å². The zero-order valence-electron chi connectivity index (χ0n) is 26.3. The molecule has 0 bridgehead atoms. The van der Waals surface area contributed by atoms with E-state index >= 15 is 0 Å². The lowest BCUT2D eigenvalue weighted by Crippen LogP contribution is -2.31. The van der Waals surface area contributed by atoms with Crippen molar-refractivity contribution in [1.29, 1.82) is 0 Å². The second-order valence-electron chi connectivity index (χ2n) is 11.9. The van der Waals surface area contributed by atoms with E-state index in [-0.39, 0.29) is 42.0 Å². The zero-order chi connectivity index (χ0) is 32.2. The average molecular weight is 597 g/mol. The van der Waals surface area contributed by atoms with Gasteiger partial charge in [0.2, 0.25) is 5.78 Å². The molecule has 0 saturated heterocycles. The minimum atomic E-state index is -0.446. The number of aliphatic hydroxyl groups excluding tert-OH is 1. The summed E-state index contributed by atoms with van der Waals surface area (Å²) in [5.41, 5.74) is 5.42. The van der Waals surface area contributed by atoms with Crippen molar-refractivity contribution in [2.45, 2.75) is 40.0 Å². The van der Waals surface area contributed by atoms with Crippen molar-refractivity contribution in [2.75, 3.05) is 37.9 Å². The van der Waals surface area contributed by atoms with Gasteiger partial charge in [0.25, 0.3) is 11.8 Å². The van der Waals surface area contributed by atoms with Crippen molar-refractivity contribution in [3.05, 3.63) is 94.6 Å². The normalized spacial score (nSPS) is 14.8. The third kappa shape index (κ3) is 7.06. The Bertz CT molecular complexity index is 1630. The fourth-order valence-corrected chi connectivity index (χ4v) is 4.88. The van der Waals surface area contributed by atoms with Gasteiger partial charge in [-0.3, -0.25) is 14.4 Å². The van der Waals surface area contributed by atoms with Gasteiger partial charge in [0, 0.05) is 48.1 Å². The molecule has 0 radical (unpaired) electrons. The number of anilines is 2. The number of allylic oxidation sites excluding steroid dienone is 1. The second-order valence-corrected chi connectivity index (χ2v) is 11.9. The number of nitrogens with zero attached hydrogens (tertiary/aromatic N) is 2. The van der Waals surface area contributed by atoms with Crippen molar-refractivity contribution < 1.29 is 24.2 Å². The van der Waals surface area contributed by atoms with E-state index in [0.29, 0.717) is 33.9 Å². The Morgan fingerprint density at radius 3 is 2.41 bits per heavy atom. The van der Waals surface area contributed by atoms with Crippen molar-refractivity contribution >= 4 is 40.5 Å². The highest BCUT2D eigenvalue weighted by Gasteiger charge is 2.26. The lowest BCUT2D eigenvalue weighted by molar-refractivity contribution is -0.114. The highest BCUT2D eigenvalue weighted by Crippen LogP contribution is 2.31. The number of aliphatic imine (C=N–C) groups is 1. The van der Waals surface area contributed by atoms with Gasteiger partial charge < -0.3 is 25.4 Å². The Morgan fingerprint density at radius 1 is 1.07 bits per heavy atom. The molecular formula is C35H40N4O5. The molecule has 9 heteroatoms. The van der Waals surface area contributed by atoms with Gasteiger partial charge in [-0.2, -0.15) is 0 Å². The van der Waals surface area contributed by atoms with E-state index in [2.05, 4.69) is 36.4 Å². The predicted octanol–water partition coefficient (Wildman–Crippen LogP) is 5.69. The minimum absolute atomic E-state index is 0.00733. The molecule has 1 heterocycles. The number of nitrogens with one attached hydrogen (secondary N) is 2. The zero-order valence-corrected chi connectivity index (χ0v) is 26.3. The van der Waals surface area contributed by atoms with Crippen LogP contribution in [0.2, 0.25) is 0 Å². The van der Waals surface area contributed by atoms with Gasteiger partial charge >= 0.3 is 0 Å². The molecule has 9 nitrogen and oxygen atoms in total. The van der Waals surface area contributed by atoms with E-state index in [4.69, 9.17) is 4.74 Å². The topological polar surface area (TPSA) is 120 Å². The third-order valence-electron chi connectivity index (χ3n) is 7.63. The molecule has 3 aromatic rings. The fraction of sp³-hybridized carbons (Fsp3) is 0.314. The van der Waals surface area contributed by atoms with Gasteiger partial charge in [0.15, 0.2) is 5.84 Å². The number of amides is 2. The Morgan fingerprint density at radius 2 is 1.77 bits per heavy atom. The fourth-order valence-electron chi connectivity index (χ4n) is 4.88. The standard InChI is InChI=1S/C35H40N4O5/c1-21-19-29(26-9-8-10-28(22(26)2)38-33(42)23-11-13-24(14-12-23)35(3,4)5)37-32(31(21)41)36-25-15-16-27(30(20-25)44-7)34(43)39(6)17-18-40/h8-16,19-21,40H,17-18H2,1-7H3,(H,36,37)(H,38,42). The van der Waals surface area contributed by atoms with Crippen molar-refractivity contribution in [3.63, 3.8) is 0 Å². The summed E-state index contributed by atoms with van der Waals surface area (Å²) in [6.45, 7) is 10.1. The molecule has 44 heavy (non-hydrogen) atoms. The van der Waals surface area contributed by atoms with E-state index in [9.17, 15) is 19.5 Å². The van der Waals surface area contributed by atoms with Crippen molar-refractivity contribution in [1.82, 2.24) is 4.90 Å². The van der Waals surface area contributed by atoms with Gasteiger partial charge in [0.05, 0.1) is 25.0 Å². The van der Waals surface area contributed by atoms with Crippen molar-refractivity contribution in [2.24, 2.45) is 10.9 Å². The maximum absolute atomic E-state index is 13.1. The van der Waals surface area contributed by atoms with Crippen LogP contribution in [0.5, 0.6) is 5.75 Å². The molecule has 0 fully saturated rings. The molecule has 4 rings (SSSR count). The van der Waals surface area contributed by atoms with Crippen molar-refractivity contribution in [3.8, 4) is 5.75 Å². The number of benzene rings is 3. The summed E-state index contributed by atoms with van der Waals surface area (Å²) in [5.74, 6) is -0.658. The molecule has 2 amide bonds. The molecule has 3 N–H and O–H groups in total. The number of carbonyl (C=O) groups is 3. The molecule has 1 aliphatic rings. The van der Waals surface area contributed by atoms with Gasteiger partial charge in [-0.25, -0.2) is 4.99 Å². The van der Waals surface area contributed by atoms with Gasteiger partial charge in [-0.1, -0.05) is 52.0 Å². The Hall–Kier alpha value is -4.76. The highest BCUT2D eigenvalue weighted by molar-refractivity contribution is 6.45. The lowest BCUT2D eigenvalue weighted by Gasteiger charge is -2.21. The molecule has 1 atom stereocenters. The van der Waals surface area contributed by atoms with E-state index in [0.717, 1.165) is 16.7 Å². The van der Waals surface area contributed by atoms with Crippen LogP contribution < -0.4 is 15.4 Å². The molecule has 0 aliphatic carbocycles. The first-order valence-corrected chi connectivity index (χ1v) is 14.5. The maximum Gasteiger partial charge on any atom is 0.257 e. The maximum atomic E-state index is 13.1. The SMILES string of the molecule is COc1cc(NC2=NC(c3cccc(NC(=O)c4ccc(C(C)(C)C)cc4)c3C)=CC(C)C2=O)ccc1C(=O)N(C)CCO. The lowest BCUT2D eigenvalue weighted by atomic mass is 9.86. The number of likely N-dealkylation sites (N-methyl/N-ethyl adjacent to an activating group) is 1. The molecule has 0 aromatic heterocycles. The van der Waals surface area contributed by atoms with Crippen LogP contribution in [0.15, 0.2) is 71.7 Å². The highest BCUT2D eigenvalue weighted by atomic mass is 16.5. The number of rotatable bonds is 8. The largest absolute Gasteiger partial charge is 0.496 e. The Balaban J connectivity index is 1.58. The number of aliphatic hydroxyl groups is 1. The van der Waals surface area contributed by atoms with E-state index in [1.165, 1.54) is 12.0 Å². The van der Waals surface area contributed by atoms with Gasteiger partial charge in [-0.05, 0) is 59.9 Å². The molecule has 230 valence electrons. The molecule has 3 aromatic carbocycles. The average Bonchev–Trinajstić information content (AvgIpc) is 2.99. The number of ketones is 1. The summed E-state index contributed by atoms with van der Waals surface area (Å²) in [6, 6.07) is 18.1. The number of amidine groups is 1. The number of ether oxygens (including phenoxy) is 1. The summed E-state index contributed by atoms with van der Waals surface area (Å²) < 4.78 is 5.46. The van der Waals surface area contributed by atoms with Crippen LogP contribution in [0, 0.1) is 12.8 Å². The quantitative estimate of drug-likeness (QED) is 0.307. The molecule has 1 unspecified atom stereocenters. The summed E-state index contributed by atoms with van der Waals surface area (Å²) in [6.07, 6.45) is 1.81. The first-order valence-electron chi connectivity index (χ1n) is 14.5. The number of hydrogen-bond acceptors (Lipinski definition) is 7. The number of carbonyl (C=O) groups excluding carboxylic acids is 3. The summed E-state index contributed by atoms with van der Waals surface area (Å²) >= 11 is 0. The smallest absolute Gasteiger partial charge is 0.257 e. The van der Waals surface area contributed by atoms with Crippen LogP contribution >= 0.6 is 0 Å². The van der Waals surface area contributed by atoms with Gasteiger partial charge in [0.1, 0.15) is 5.75 Å². The van der Waals surface area contributed by atoms with E-state index in [1.54, 1.807) is 32.2 Å². The van der Waals surface area contributed by atoms with Crippen LogP contribution in [-0.4, -0.2) is 60.7 Å². The number of Topliss-reactive ketones (excluding diaryl/α,β-unsaturated/α-hetero) is 1. The Labute approximate surface area is 258 Å². The van der Waals surface area contributed by atoms with E-state index < -0.39 is 5.92 Å². The summed E-state index contributed by atoms with van der Waals surface area (Å²) in [4.78, 5) is 45.1. The molecule has 0 saturated carbocycles. The van der Waals surface area contributed by atoms with Crippen LogP contribution in [-0.2, 0) is 10.2 Å². The molecule has 1 aliphatic heterocycles. The van der Waals surface area contributed by atoms with E-state index in [1.807, 2.05) is 55.5 Å². The number of methoxy groups -OCH3 is 1. The van der Waals surface area contributed by atoms with Crippen LogP contribution in [0.1, 0.15) is 65.1 Å².